The van der Waals surface area contributed by atoms with Crippen LogP contribution < -0.4 is 5.63 Å². The van der Waals surface area contributed by atoms with Gasteiger partial charge < -0.3 is 9.52 Å². The van der Waals surface area contributed by atoms with Crippen molar-refractivity contribution >= 4 is 11.0 Å². The van der Waals surface area contributed by atoms with Crippen LogP contribution in [0, 0.1) is 5.92 Å². The van der Waals surface area contributed by atoms with Crippen LogP contribution in [-0.4, -0.2) is 23.1 Å². The normalized spacial score (nSPS) is 15.9. The predicted molar refractivity (Wildman–Crippen MR) is 113 cm³/mol. The van der Waals surface area contributed by atoms with E-state index in [2.05, 4.69) is 11.8 Å². The van der Waals surface area contributed by atoms with Gasteiger partial charge in [0.15, 0.2) is 0 Å². The van der Waals surface area contributed by atoms with Crippen molar-refractivity contribution < 1.29 is 9.52 Å². The van der Waals surface area contributed by atoms with Crippen LogP contribution in [0.2, 0.25) is 0 Å². The number of nitrogens with zero attached hydrogens (tertiary/aromatic N) is 1. The highest BCUT2D eigenvalue weighted by Gasteiger charge is 2.22. The van der Waals surface area contributed by atoms with Crippen LogP contribution in [0.4, 0.5) is 0 Å². The molecule has 0 radical (unpaired) electrons. The van der Waals surface area contributed by atoms with E-state index in [1.165, 1.54) is 0 Å². The number of phenolic OH excluding ortho intramolecular Hbond substituents is 1. The molecular formula is C24H27NO3. The summed E-state index contributed by atoms with van der Waals surface area (Å²) in [6.45, 7) is 6.92. The quantitative estimate of drug-likeness (QED) is 0.653. The number of likely N-dealkylation sites (tertiary alicyclic amines) is 1. The molecule has 4 heteroatoms. The Kier molecular flexibility index (Phi) is 5.23. The lowest BCUT2D eigenvalue weighted by atomic mass is 9.95. The number of hydrogen-bond donors (Lipinski definition) is 1. The summed E-state index contributed by atoms with van der Waals surface area (Å²) < 4.78 is 5.66. The van der Waals surface area contributed by atoms with E-state index in [0.29, 0.717) is 12.1 Å². The molecule has 4 rings (SSSR count). The number of rotatable bonds is 4. The number of benzene rings is 2. The number of hydrogen-bond acceptors (Lipinski definition) is 4. The third kappa shape index (κ3) is 3.57. The van der Waals surface area contributed by atoms with Gasteiger partial charge in [0.05, 0.1) is 5.56 Å². The zero-order valence-corrected chi connectivity index (χ0v) is 16.6. The van der Waals surface area contributed by atoms with Crippen molar-refractivity contribution in [2.24, 2.45) is 5.92 Å². The van der Waals surface area contributed by atoms with Crippen molar-refractivity contribution in [3.8, 4) is 16.9 Å². The lowest BCUT2D eigenvalue weighted by Gasteiger charge is -2.30. The maximum atomic E-state index is 12.4. The third-order valence-electron chi connectivity index (χ3n) is 5.91. The second-order valence-electron chi connectivity index (χ2n) is 7.90. The first-order chi connectivity index (χ1) is 13.6. The van der Waals surface area contributed by atoms with Crippen LogP contribution in [-0.2, 0) is 13.0 Å². The monoisotopic (exact) mass is 377 g/mol. The topological polar surface area (TPSA) is 53.7 Å². The summed E-state index contributed by atoms with van der Waals surface area (Å²) >= 11 is 0. The lowest BCUT2D eigenvalue weighted by Crippen LogP contribution is -2.32. The smallest absolute Gasteiger partial charge is 0.336 e. The van der Waals surface area contributed by atoms with E-state index in [4.69, 9.17) is 4.42 Å². The molecule has 0 aliphatic carbocycles. The van der Waals surface area contributed by atoms with Crippen molar-refractivity contribution in [1.82, 2.24) is 4.90 Å². The molecule has 0 amide bonds. The fourth-order valence-corrected chi connectivity index (χ4v) is 4.13. The molecule has 0 spiro atoms. The summed E-state index contributed by atoms with van der Waals surface area (Å²) in [4.78, 5) is 14.7. The maximum Gasteiger partial charge on any atom is 0.336 e. The van der Waals surface area contributed by atoms with E-state index in [9.17, 15) is 9.90 Å². The van der Waals surface area contributed by atoms with Crippen molar-refractivity contribution in [1.29, 1.82) is 0 Å². The number of piperidine rings is 1. The molecule has 2 aromatic carbocycles. The van der Waals surface area contributed by atoms with E-state index in [1.807, 2.05) is 43.3 Å². The SMILES string of the molecule is CCc1cc2c(-c3ccccc3)cc(=O)oc2c(CN2CCC(C)CC2)c1O. The summed E-state index contributed by atoms with van der Waals surface area (Å²) in [5.74, 6) is 1.01. The second-order valence-corrected chi connectivity index (χ2v) is 7.90. The second kappa shape index (κ2) is 7.80. The van der Waals surface area contributed by atoms with E-state index in [-0.39, 0.29) is 11.4 Å². The molecule has 2 heterocycles. The van der Waals surface area contributed by atoms with Gasteiger partial charge in [0, 0.05) is 18.0 Å². The molecule has 0 unspecified atom stereocenters. The molecule has 1 aliphatic heterocycles. The minimum Gasteiger partial charge on any atom is -0.507 e. The van der Waals surface area contributed by atoms with Gasteiger partial charge in [0.2, 0.25) is 0 Å². The third-order valence-corrected chi connectivity index (χ3v) is 5.91. The zero-order chi connectivity index (χ0) is 19.7. The zero-order valence-electron chi connectivity index (χ0n) is 16.6. The van der Waals surface area contributed by atoms with Crippen molar-refractivity contribution in [3.05, 3.63) is 64.0 Å². The first kappa shape index (κ1) is 18.8. The molecule has 146 valence electrons. The summed E-state index contributed by atoms with van der Waals surface area (Å²) in [6, 6.07) is 13.4. The van der Waals surface area contributed by atoms with Gasteiger partial charge >= 0.3 is 5.63 Å². The Morgan fingerprint density at radius 1 is 1.14 bits per heavy atom. The fraction of sp³-hybridized carbons (Fsp3) is 0.375. The van der Waals surface area contributed by atoms with E-state index >= 15 is 0 Å². The van der Waals surface area contributed by atoms with Gasteiger partial charge in [-0.15, -0.1) is 0 Å². The van der Waals surface area contributed by atoms with Crippen LogP contribution in [0.1, 0.15) is 37.8 Å². The van der Waals surface area contributed by atoms with Gasteiger partial charge in [-0.25, -0.2) is 4.79 Å². The maximum absolute atomic E-state index is 12.4. The Labute approximate surface area is 165 Å². The molecule has 0 atom stereocenters. The van der Waals surface area contributed by atoms with Crippen LogP contribution >= 0.6 is 0 Å². The van der Waals surface area contributed by atoms with Crippen LogP contribution in [0.3, 0.4) is 0 Å². The molecule has 0 bridgehead atoms. The molecule has 1 saturated heterocycles. The summed E-state index contributed by atoms with van der Waals surface area (Å²) in [7, 11) is 0. The number of aryl methyl sites for hydroxylation is 1. The van der Waals surface area contributed by atoms with Gasteiger partial charge in [0.1, 0.15) is 11.3 Å². The summed E-state index contributed by atoms with van der Waals surface area (Å²) in [6.07, 6.45) is 3.04. The molecule has 1 fully saturated rings. The van der Waals surface area contributed by atoms with Gasteiger partial charge in [-0.1, -0.05) is 44.2 Å². The van der Waals surface area contributed by atoms with Crippen molar-refractivity contribution in [3.63, 3.8) is 0 Å². The van der Waals surface area contributed by atoms with Gasteiger partial charge in [-0.2, -0.15) is 0 Å². The van der Waals surface area contributed by atoms with Crippen LogP contribution in [0.15, 0.2) is 51.7 Å². The molecule has 1 aliphatic rings. The first-order valence-electron chi connectivity index (χ1n) is 10.2. The Morgan fingerprint density at radius 3 is 2.54 bits per heavy atom. The van der Waals surface area contributed by atoms with E-state index in [0.717, 1.165) is 65.9 Å². The fourth-order valence-electron chi connectivity index (χ4n) is 4.13. The Bertz CT molecular complexity index is 1030. The van der Waals surface area contributed by atoms with Crippen molar-refractivity contribution in [2.75, 3.05) is 13.1 Å². The first-order valence-corrected chi connectivity index (χ1v) is 10.2. The van der Waals surface area contributed by atoms with Crippen LogP contribution in [0.25, 0.3) is 22.1 Å². The van der Waals surface area contributed by atoms with Gasteiger partial charge in [-0.05, 0) is 61.0 Å². The van der Waals surface area contributed by atoms with Crippen LogP contribution in [0.5, 0.6) is 5.75 Å². The Balaban J connectivity index is 1.89. The highest BCUT2D eigenvalue weighted by Crippen LogP contribution is 2.37. The number of aromatic hydroxyl groups is 1. The minimum absolute atomic E-state index is 0.266. The Hall–Kier alpha value is -2.59. The highest BCUT2D eigenvalue weighted by atomic mass is 16.4. The average molecular weight is 377 g/mol. The Morgan fingerprint density at radius 2 is 1.86 bits per heavy atom. The number of fused-ring (bicyclic) bond motifs is 1. The minimum atomic E-state index is -0.386. The molecular weight excluding hydrogens is 350 g/mol. The molecule has 1 N–H and O–H groups in total. The standard InChI is InChI=1S/C24H27NO3/c1-3-17-13-20-19(18-7-5-4-6-8-18)14-22(26)28-24(20)21(23(17)27)15-25-11-9-16(2)10-12-25/h4-8,13-14,16,27H,3,9-12,15H2,1-2H3. The van der Waals surface area contributed by atoms with Gasteiger partial charge in [0.25, 0.3) is 0 Å². The predicted octanol–water partition coefficient (Wildman–Crippen LogP) is 4.96. The molecule has 28 heavy (non-hydrogen) atoms. The largest absolute Gasteiger partial charge is 0.507 e. The highest BCUT2D eigenvalue weighted by molar-refractivity contribution is 5.96. The van der Waals surface area contributed by atoms with E-state index in [1.54, 1.807) is 6.07 Å². The molecule has 4 nitrogen and oxygen atoms in total. The summed E-state index contributed by atoms with van der Waals surface area (Å²) in [5, 5.41) is 11.8. The summed E-state index contributed by atoms with van der Waals surface area (Å²) in [5.41, 5.74) is 3.59. The van der Waals surface area contributed by atoms with Gasteiger partial charge in [-0.3, -0.25) is 4.90 Å². The van der Waals surface area contributed by atoms with Crippen molar-refractivity contribution in [2.45, 2.75) is 39.7 Å². The molecule has 1 aromatic heterocycles. The molecule has 3 aromatic rings. The molecule has 0 saturated carbocycles. The number of phenols is 1. The average Bonchev–Trinajstić information content (AvgIpc) is 2.71. The lowest BCUT2D eigenvalue weighted by molar-refractivity contribution is 0.183. The van der Waals surface area contributed by atoms with E-state index < -0.39 is 0 Å².